The summed E-state index contributed by atoms with van der Waals surface area (Å²) in [6, 6.07) is 2.94. The summed E-state index contributed by atoms with van der Waals surface area (Å²) in [6.45, 7) is 5.80. The third-order valence-electron chi connectivity index (χ3n) is 3.37. The molecule has 0 aliphatic heterocycles. The second kappa shape index (κ2) is 6.56. The molecule has 2 aromatic rings. The SMILES string of the molecule is Cc1nn(C[C@H](C)C(=O)Nc2cc(F)ccc2F)c(C)c1Br. The summed E-state index contributed by atoms with van der Waals surface area (Å²) < 4.78 is 29.3. The molecule has 1 heterocycles. The van der Waals surface area contributed by atoms with Crippen molar-refractivity contribution in [3.8, 4) is 0 Å². The average molecular weight is 372 g/mol. The van der Waals surface area contributed by atoms with Crippen LogP contribution in [0.2, 0.25) is 0 Å². The van der Waals surface area contributed by atoms with Crippen LogP contribution in [-0.4, -0.2) is 15.7 Å². The zero-order valence-corrected chi connectivity index (χ0v) is 14.0. The lowest BCUT2D eigenvalue weighted by Crippen LogP contribution is -2.25. The van der Waals surface area contributed by atoms with Crippen LogP contribution in [-0.2, 0) is 11.3 Å². The number of carbonyl (C=O) groups is 1. The van der Waals surface area contributed by atoms with E-state index in [1.54, 1.807) is 11.6 Å². The molecule has 1 amide bonds. The van der Waals surface area contributed by atoms with Gasteiger partial charge in [-0.25, -0.2) is 8.78 Å². The van der Waals surface area contributed by atoms with Gasteiger partial charge in [-0.2, -0.15) is 5.10 Å². The van der Waals surface area contributed by atoms with Crippen molar-refractivity contribution in [2.24, 2.45) is 5.92 Å². The molecule has 118 valence electrons. The number of hydrogen-bond donors (Lipinski definition) is 1. The maximum Gasteiger partial charge on any atom is 0.229 e. The number of nitrogens with zero attached hydrogens (tertiary/aromatic N) is 2. The van der Waals surface area contributed by atoms with Crippen LogP contribution in [0.15, 0.2) is 22.7 Å². The van der Waals surface area contributed by atoms with Crippen LogP contribution < -0.4 is 5.32 Å². The first-order valence-corrected chi connectivity index (χ1v) is 7.54. The molecule has 0 saturated carbocycles. The first-order valence-electron chi connectivity index (χ1n) is 6.75. The van der Waals surface area contributed by atoms with Gasteiger partial charge >= 0.3 is 0 Å². The Morgan fingerprint density at radius 2 is 2.09 bits per heavy atom. The van der Waals surface area contributed by atoms with E-state index >= 15 is 0 Å². The van der Waals surface area contributed by atoms with Gasteiger partial charge in [0, 0.05) is 11.8 Å². The lowest BCUT2D eigenvalue weighted by Gasteiger charge is -2.14. The Bertz CT molecular complexity index is 715. The lowest BCUT2D eigenvalue weighted by atomic mass is 10.1. The van der Waals surface area contributed by atoms with Crippen molar-refractivity contribution < 1.29 is 13.6 Å². The summed E-state index contributed by atoms with van der Waals surface area (Å²) in [5.41, 5.74) is 1.58. The molecule has 22 heavy (non-hydrogen) atoms. The molecule has 7 heteroatoms. The van der Waals surface area contributed by atoms with Gasteiger partial charge in [0.25, 0.3) is 0 Å². The standard InChI is InChI=1S/C15H16BrF2N3O/c1-8(7-21-10(3)14(16)9(2)20-21)15(22)19-13-6-11(17)4-5-12(13)18/h4-6,8H,7H2,1-3H3,(H,19,22)/t8-/m0/s1. The molecule has 0 bridgehead atoms. The van der Waals surface area contributed by atoms with Crippen LogP contribution in [0.4, 0.5) is 14.5 Å². The number of carbonyl (C=O) groups excluding carboxylic acids is 1. The molecule has 1 N–H and O–H groups in total. The number of hydrogen-bond acceptors (Lipinski definition) is 2. The minimum Gasteiger partial charge on any atom is -0.323 e. The molecular weight excluding hydrogens is 356 g/mol. The molecule has 0 spiro atoms. The first-order chi connectivity index (χ1) is 10.3. The predicted octanol–water partition coefficient (Wildman–Crippen LogP) is 3.82. The van der Waals surface area contributed by atoms with Crippen molar-refractivity contribution in [1.29, 1.82) is 0 Å². The molecule has 0 fully saturated rings. The van der Waals surface area contributed by atoms with Crippen molar-refractivity contribution in [2.75, 3.05) is 5.32 Å². The highest BCUT2D eigenvalue weighted by atomic mass is 79.9. The van der Waals surface area contributed by atoms with Gasteiger partial charge in [0.2, 0.25) is 5.91 Å². The van der Waals surface area contributed by atoms with Gasteiger partial charge in [0.15, 0.2) is 0 Å². The highest BCUT2D eigenvalue weighted by molar-refractivity contribution is 9.10. The van der Waals surface area contributed by atoms with Gasteiger partial charge in [-0.3, -0.25) is 9.48 Å². The first kappa shape index (κ1) is 16.6. The number of anilines is 1. The molecule has 4 nitrogen and oxygen atoms in total. The quantitative estimate of drug-likeness (QED) is 0.887. The second-order valence-corrected chi connectivity index (χ2v) is 5.97. The van der Waals surface area contributed by atoms with Gasteiger partial charge in [0.05, 0.1) is 28.3 Å². The number of nitrogens with one attached hydrogen (secondary N) is 1. The normalized spacial score (nSPS) is 12.3. The van der Waals surface area contributed by atoms with E-state index < -0.39 is 23.5 Å². The van der Waals surface area contributed by atoms with Crippen molar-refractivity contribution in [1.82, 2.24) is 9.78 Å². The summed E-state index contributed by atoms with van der Waals surface area (Å²) >= 11 is 3.42. The van der Waals surface area contributed by atoms with Crippen molar-refractivity contribution in [2.45, 2.75) is 27.3 Å². The Labute approximate surface area is 135 Å². The molecule has 0 aliphatic carbocycles. The maximum absolute atomic E-state index is 13.5. The van der Waals surface area contributed by atoms with Gasteiger partial charge in [-0.05, 0) is 41.9 Å². The predicted molar refractivity (Wildman–Crippen MR) is 83.6 cm³/mol. The summed E-state index contributed by atoms with van der Waals surface area (Å²) in [5.74, 6) is -2.12. The number of halogens is 3. The number of aromatic nitrogens is 2. The van der Waals surface area contributed by atoms with Crippen LogP contribution in [0.1, 0.15) is 18.3 Å². The van der Waals surface area contributed by atoms with Gasteiger partial charge in [0.1, 0.15) is 11.6 Å². The zero-order valence-electron chi connectivity index (χ0n) is 12.5. The molecule has 1 aromatic carbocycles. The molecule has 0 unspecified atom stereocenters. The van der Waals surface area contributed by atoms with Crippen LogP contribution >= 0.6 is 15.9 Å². The summed E-state index contributed by atoms with van der Waals surface area (Å²) in [7, 11) is 0. The Kier molecular flexibility index (Phi) is 4.95. The maximum atomic E-state index is 13.5. The molecule has 0 aliphatic rings. The van der Waals surface area contributed by atoms with E-state index in [9.17, 15) is 13.6 Å². The lowest BCUT2D eigenvalue weighted by molar-refractivity contribution is -0.119. The van der Waals surface area contributed by atoms with Crippen molar-refractivity contribution in [3.63, 3.8) is 0 Å². The molecule has 0 radical (unpaired) electrons. The Balaban J connectivity index is 2.09. The fraction of sp³-hybridized carbons (Fsp3) is 0.333. The molecular formula is C15H16BrF2N3O. The fourth-order valence-corrected chi connectivity index (χ4v) is 2.33. The molecule has 1 aromatic heterocycles. The third-order valence-corrected chi connectivity index (χ3v) is 4.52. The van der Waals surface area contributed by atoms with Gasteiger partial charge < -0.3 is 5.32 Å². The number of amides is 1. The minimum absolute atomic E-state index is 0.161. The molecule has 2 rings (SSSR count). The van der Waals surface area contributed by atoms with E-state index in [4.69, 9.17) is 0 Å². The Hall–Kier alpha value is -1.76. The average Bonchev–Trinajstić information content (AvgIpc) is 2.70. The fourth-order valence-electron chi connectivity index (χ4n) is 2.04. The molecule has 0 saturated heterocycles. The summed E-state index contributed by atoms with van der Waals surface area (Å²) in [4.78, 5) is 12.1. The number of rotatable bonds is 4. The van der Waals surface area contributed by atoms with Crippen molar-refractivity contribution in [3.05, 3.63) is 45.7 Å². The zero-order chi connectivity index (χ0) is 16.4. The third kappa shape index (κ3) is 3.52. The smallest absolute Gasteiger partial charge is 0.229 e. The van der Waals surface area contributed by atoms with Gasteiger partial charge in [-0.1, -0.05) is 6.92 Å². The van der Waals surface area contributed by atoms with E-state index in [2.05, 4.69) is 26.3 Å². The van der Waals surface area contributed by atoms with Crippen LogP contribution in [0.5, 0.6) is 0 Å². The van der Waals surface area contributed by atoms with Crippen molar-refractivity contribution >= 4 is 27.5 Å². The van der Waals surface area contributed by atoms with E-state index in [-0.39, 0.29) is 5.69 Å². The summed E-state index contributed by atoms with van der Waals surface area (Å²) in [5, 5.41) is 6.73. The molecule has 1 atom stereocenters. The number of aryl methyl sites for hydroxylation is 1. The van der Waals surface area contributed by atoms with Gasteiger partial charge in [-0.15, -0.1) is 0 Å². The summed E-state index contributed by atoms with van der Waals surface area (Å²) in [6.07, 6.45) is 0. The second-order valence-electron chi connectivity index (χ2n) is 5.18. The number of benzene rings is 1. The Morgan fingerprint density at radius 1 is 1.41 bits per heavy atom. The van der Waals surface area contributed by atoms with E-state index in [0.29, 0.717) is 6.54 Å². The van der Waals surface area contributed by atoms with Crippen LogP contribution in [0.25, 0.3) is 0 Å². The topological polar surface area (TPSA) is 46.9 Å². The van der Waals surface area contributed by atoms with Crippen LogP contribution in [0, 0.1) is 31.4 Å². The van der Waals surface area contributed by atoms with E-state index in [1.165, 1.54) is 0 Å². The Morgan fingerprint density at radius 3 is 2.68 bits per heavy atom. The van der Waals surface area contributed by atoms with E-state index in [1.807, 2.05) is 13.8 Å². The van der Waals surface area contributed by atoms with Crippen LogP contribution in [0.3, 0.4) is 0 Å². The largest absolute Gasteiger partial charge is 0.323 e. The van der Waals surface area contributed by atoms with E-state index in [0.717, 1.165) is 34.1 Å². The minimum atomic E-state index is -0.671. The highest BCUT2D eigenvalue weighted by Crippen LogP contribution is 2.21. The highest BCUT2D eigenvalue weighted by Gasteiger charge is 2.18. The monoisotopic (exact) mass is 371 g/mol.